The lowest BCUT2D eigenvalue weighted by Gasteiger charge is -2.33. The topological polar surface area (TPSA) is 85.5 Å². The Balaban J connectivity index is 1.45. The number of aryl methyl sites for hydroxylation is 1. The number of carbonyl (C=O) groups excluding carboxylic acids is 2. The number of hydrogen-bond donors (Lipinski definition) is 1. The largest absolute Gasteiger partial charge is 0.377 e. The molecule has 2 saturated heterocycles. The fourth-order valence-electron chi connectivity index (χ4n) is 3.99. The molecule has 2 amide bonds. The van der Waals surface area contributed by atoms with E-state index in [1.807, 2.05) is 23.2 Å². The Morgan fingerprint density at radius 3 is 2.65 bits per heavy atom. The smallest absolute Gasteiger partial charge is 0.228 e. The normalized spacial score (nSPS) is 24.0. The molecule has 1 aromatic rings. The zero-order valence-electron chi connectivity index (χ0n) is 15.5. The molecule has 3 heterocycles. The van der Waals surface area contributed by atoms with Crippen molar-refractivity contribution in [2.45, 2.75) is 51.6 Å². The standard InChI is InChI=1S/C20H29N3O3/c1-2-14-3-4-16(22-13-14)12-19(24)23-8-5-15(6-9-23)11-18-17(20(21)25)7-10-26-18/h3-4,13,15,17-18H,2,5-12H2,1H3,(H2,21,25)/t17-,18-/m1/s1. The Kier molecular flexibility index (Phi) is 6.25. The molecule has 0 spiro atoms. The molecular weight excluding hydrogens is 330 g/mol. The zero-order chi connectivity index (χ0) is 18.5. The van der Waals surface area contributed by atoms with Gasteiger partial charge in [0.25, 0.3) is 0 Å². The van der Waals surface area contributed by atoms with Gasteiger partial charge in [0, 0.05) is 31.6 Å². The number of aromatic nitrogens is 1. The second-order valence-electron chi connectivity index (χ2n) is 7.45. The second kappa shape index (κ2) is 8.62. The van der Waals surface area contributed by atoms with Crippen molar-refractivity contribution in [1.29, 1.82) is 0 Å². The van der Waals surface area contributed by atoms with Crippen LogP contribution in [0.1, 0.15) is 43.9 Å². The van der Waals surface area contributed by atoms with Crippen LogP contribution in [0.2, 0.25) is 0 Å². The van der Waals surface area contributed by atoms with Crippen LogP contribution >= 0.6 is 0 Å². The van der Waals surface area contributed by atoms with Crippen LogP contribution in [0.25, 0.3) is 0 Å². The third-order valence-electron chi connectivity index (χ3n) is 5.73. The minimum absolute atomic E-state index is 0.0407. The van der Waals surface area contributed by atoms with E-state index in [4.69, 9.17) is 10.5 Å². The summed E-state index contributed by atoms with van der Waals surface area (Å²) in [5.41, 5.74) is 7.49. The summed E-state index contributed by atoms with van der Waals surface area (Å²) in [4.78, 5) is 30.3. The second-order valence-corrected chi connectivity index (χ2v) is 7.45. The van der Waals surface area contributed by atoms with Gasteiger partial charge in [-0.1, -0.05) is 13.0 Å². The number of rotatable bonds is 6. The van der Waals surface area contributed by atoms with E-state index in [2.05, 4.69) is 11.9 Å². The van der Waals surface area contributed by atoms with Gasteiger partial charge in [0.05, 0.1) is 18.4 Å². The molecule has 2 aliphatic heterocycles. The summed E-state index contributed by atoms with van der Waals surface area (Å²) in [6, 6.07) is 3.99. The number of hydrogen-bond acceptors (Lipinski definition) is 4. The molecule has 2 N–H and O–H groups in total. The Morgan fingerprint density at radius 1 is 1.27 bits per heavy atom. The molecule has 6 heteroatoms. The van der Waals surface area contributed by atoms with Crippen molar-refractivity contribution >= 4 is 11.8 Å². The molecular formula is C20H29N3O3. The fourth-order valence-corrected chi connectivity index (χ4v) is 3.99. The van der Waals surface area contributed by atoms with E-state index >= 15 is 0 Å². The highest BCUT2D eigenvalue weighted by atomic mass is 16.5. The molecule has 26 heavy (non-hydrogen) atoms. The van der Waals surface area contributed by atoms with Gasteiger partial charge in [0.1, 0.15) is 0 Å². The maximum absolute atomic E-state index is 12.5. The molecule has 0 saturated carbocycles. The summed E-state index contributed by atoms with van der Waals surface area (Å²) in [5.74, 6) is 0.242. The molecule has 0 aromatic carbocycles. The van der Waals surface area contributed by atoms with E-state index < -0.39 is 0 Å². The zero-order valence-corrected chi connectivity index (χ0v) is 15.5. The maximum Gasteiger partial charge on any atom is 0.228 e. The van der Waals surface area contributed by atoms with E-state index in [0.29, 0.717) is 18.9 Å². The summed E-state index contributed by atoms with van der Waals surface area (Å²) >= 11 is 0. The van der Waals surface area contributed by atoms with Gasteiger partial charge in [-0.25, -0.2) is 0 Å². The van der Waals surface area contributed by atoms with Gasteiger partial charge < -0.3 is 15.4 Å². The molecule has 142 valence electrons. The van der Waals surface area contributed by atoms with Crippen LogP contribution in [0.4, 0.5) is 0 Å². The van der Waals surface area contributed by atoms with Crippen molar-refractivity contribution in [3.63, 3.8) is 0 Å². The minimum atomic E-state index is -0.248. The third-order valence-corrected chi connectivity index (χ3v) is 5.73. The summed E-state index contributed by atoms with van der Waals surface area (Å²) < 4.78 is 5.71. The van der Waals surface area contributed by atoms with Crippen LogP contribution in [0.3, 0.4) is 0 Å². The van der Waals surface area contributed by atoms with Crippen LogP contribution in [-0.4, -0.2) is 47.5 Å². The number of nitrogens with zero attached hydrogens (tertiary/aromatic N) is 2. The first-order valence-corrected chi connectivity index (χ1v) is 9.69. The Morgan fingerprint density at radius 2 is 2.04 bits per heavy atom. The molecule has 2 atom stereocenters. The van der Waals surface area contributed by atoms with Crippen molar-refractivity contribution in [3.8, 4) is 0 Å². The van der Waals surface area contributed by atoms with Crippen LogP contribution in [-0.2, 0) is 27.2 Å². The highest BCUT2D eigenvalue weighted by molar-refractivity contribution is 5.78. The third kappa shape index (κ3) is 4.61. The number of amides is 2. The monoisotopic (exact) mass is 359 g/mol. The molecule has 2 aliphatic rings. The number of primary amides is 1. The van der Waals surface area contributed by atoms with E-state index in [1.54, 1.807) is 0 Å². The van der Waals surface area contributed by atoms with Crippen molar-refractivity contribution in [2.75, 3.05) is 19.7 Å². The summed E-state index contributed by atoms with van der Waals surface area (Å²) in [6.07, 6.45) is 6.65. The highest BCUT2D eigenvalue weighted by Crippen LogP contribution is 2.30. The van der Waals surface area contributed by atoms with Crippen LogP contribution in [0, 0.1) is 11.8 Å². The lowest BCUT2D eigenvalue weighted by molar-refractivity contribution is -0.132. The van der Waals surface area contributed by atoms with Gasteiger partial charge in [-0.2, -0.15) is 0 Å². The van der Waals surface area contributed by atoms with E-state index in [-0.39, 0.29) is 23.8 Å². The van der Waals surface area contributed by atoms with Gasteiger partial charge in [0.2, 0.25) is 11.8 Å². The van der Waals surface area contributed by atoms with Crippen LogP contribution in [0.15, 0.2) is 18.3 Å². The number of ether oxygens (including phenoxy) is 1. The van der Waals surface area contributed by atoms with Gasteiger partial charge in [-0.05, 0) is 49.7 Å². The van der Waals surface area contributed by atoms with Gasteiger partial charge in [0.15, 0.2) is 0 Å². The average Bonchev–Trinajstić information content (AvgIpc) is 3.11. The summed E-state index contributed by atoms with van der Waals surface area (Å²) in [5, 5.41) is 0. The summed E-state index contributed by atoms with van der Waals surface area (Å²) in [6.45, 7) is 4.25. The lowest BCUT2D eigenvalue weighted by Crippen LogP contribution is -2.40. The molecule has 6 nitrogen and oxygen atoms in total. The first-order chi connectivity index (χ1) is 12.6. The Bertz CT molecular complexity index is 624. The average molecular weight is 359 g/mol. The lowest BCUT2D eigenvalue weighted by atomic mass is 9.86. The quantitative estimate of drug-likeness (QED) is 0.838. The first-order valence-electron chi connectivity index (χ1n) is 9.69. The SMILES string of the molecule is CCc1ccc(CC(=O)N2CCC(C[C@H]3OCC[C@H]3C(N)=O)CC2)nc1. The van der Waals surface area contributed by atoms with Gasteiger partial charge in [-0.15, -0.1) is 0 Å². The predicted molar refractivity (Wildman–Crippen MR) is 98.3 cm³/mol. The Labute approximate surface area is 155 Å². The number of pyridine rings is 1. The Hall–Kier alpha value is -1.95. The van der Waals surface area contributed by atoms with E-state index in [9.17, 15) is 9.59 Å². The minimum Gasteiger partial charge on any atom is -0.377 e. The van der Waals surface area contributed by atoms with Crippen LogP contribution < -0.4 is 5.73 Å². The summed E-state index contributed by atoms with van der Waals surface area (Å²) in [7, 11) is 0. The van der Waals surface area contributed by atoms with Crippen LogP contribution in [0.5, 0.6) is 0 Å². The fraction of sp³-hybridized carbons (Fsp3) is 0.650. The van der Waals surface area contributed by atoms with Crippen molar-refractivity contribution in [2.24, 2.45) is 17.6 Å². The molecule has 0 bridgehead atoms. The number of piperidine rings is 1. The predicted octanol–water partition coefficient (Wildman–Crippen LogP) is 1.71. The van der Waals surface area contributed by atoms with Crippen molar-refractivity contribution < 1.29 is 14.3 Å². The molecule has 0 radical (unpaired) electrons. The maximum atomic E-state index is 12.5. The molecule has 0 unspecified atom stereocenters. The van der Waals surface area contributed by atoms with E-state index in [1.165, 1.54) is 5.56 Å². The number of likely N-dealkylation sites (tertiary alicyclic amines) is 1. The first kappa shape index (κ1) is 18.8. The van der Waals surface area contributed by atoms with Crippen molar-refractivity contribution in [3.05, 3.63) is 29.6 Å². The number of carbonyl (C=O) groups is 2. The van der Waals surface area contributed by atoms with Gasteiger partial charge in [-0.3, -0.25) is 14.6 Å². The highest BCUT2D eigenvalue weighted by Gasteiger charge is 2.35. The van der Waals surface area contributed by atoms with E-state index in [0.717, 1.165) is 50.9 Å². The number of nitrogens with two attached hydrogens (primary N) is 1. The molecule has 3 rings (SSSR count). The van der Waals surface area contributed by atoms with Gasteiger partial charge >= 0.3 is 0 Å². The van der Waals surface area contributed by atoms with Crippen molar-refractivity contribution in [1.82, 2.24) is 9.88 Å². The molecule has 2 fully saturated rings. The molecule has 1 aromatic heterocycles. The molecule has 0 aliphatic carbocycles.